The molecule has 0 aliphatic carbocycles. The Labute approximate surface area is 718 Å². The number of benzene rings is 17. The third-order valence-electron chi connectivity index (χ3n) is 26.0. The molecule has 0 N–H and O–H groups in total. The van der Waals surface area contributed by atoms with Gasteiger partial charge in [-0.15, -0.1) is 0 Å². The Morgan fingerprint density at radius 2 is 0.444 bits per heavy atom. The summed E-state index contributed by atoms with van der Waals surface area (Å²) in [5.41, 5.74) is 31.6. The Morgan fingerprint density at radius 3 is 0.849 bits per heavy atom. The van der Waals surface area contributed by atoms with E-state index >= 15 is 0 Å². The molecular weight excluding hydrogens is 1540 g/mol. The van der Waals surface area contributed by atoms with Gasteiger partial charge < -0.3 is 22.3 Å². The van der Waals surface area contributed by atoms with Crippen LogP contribution in [0.5, 0.6) is 0 Å². The molecule has 584 valence electrons. The zero-order valence-corrected chi connectivity index (χ0v) is 67.6. The van der Waals surface area contributed by atoms with Crippen molar-refractivity contribution in [3.63, 3.8) is 0 Å². The first-order valence-electron chi connectivity index (χ1n) is 42.7. The Kier molecular flexibility index (Phi) is 15.0. The Bertz CT molecular complexity index is 9400. The summed E-state index contributed by atoms with van der Waals surface area (Å²) in [7, 11) is 0. The SMILES string of the molecule is c1ccc(-c2nc3ccccc3nc2-c2ccc(-n3c4cccc5c6cccc7ccn(c8cccc3c8c54)c76)cc2)cc1.c1ccc(-c2nc3ccccc3nc2-c2cccc(-n3c4cccc5c6cccc7ccn(c8cccc3c8c54)c76)c2)cc1.c1ccc(-c2nc3ccccc3nc2-n2c3cccc4c5cccc6ccn(c7cccc2c7c43)c65)cc1. The van der Waals surface area contributed by atoms with Gasteiger partial charge in [0.05, 0.1) is 122 Å². The third kappa shape index (κ3) is 10.3. The zero-order chi connectivity index (χ0) is 82.3. The fraction of sp³-hybridized carbons (Fsp3) is 0. The number of para-hydroxylation sites is 9. The molecule has 0 unspecified atom stereocenters. The van der Waals surface area contributed by atoms with Crippen molar-refractivity contribution in [1.82, 2.24) is 56.8 Å². The molecule has 12 heterocycles. The van der Waals surface area contributed by atoms with Crippen molar-refractivity contribution >= 4 is 180 Å². The Morgan fingerprint density at radius 1 is 0.167 bits per heavy atom. The largest absolute Gasteiger partial charge is 0.315 e. The number of hydrogen-bond donors (Lipinski definition) is 0. The maximum Gasteiger partial charge on any atom is 0.165 e. The van der Waals surface area contributed by atoms with Gasteiger partial charge in [-0.05, 0) is 150 Å². The van der Waals surface area contributed by atoms with Gasteiger partial charge in [-0.2, -0.15) is 0 Å². The predicted octanol–water partition coefficient (Wildman–Crippen LogP) is 28.5. The molecule has 0 spiro atoms. The third-order valence-corrected chi connectivity index (χ3v) is 26.0. The van der Waals surface area contributed by atoms with Gasteiger partial charge in [-0.1, -0.05) is 261 Å². The molecule has 0 radical (unpaired) electrons. The smallest absolute Gasteiger partial charge is 0.165 e. The normalized spacial score (nSPS) is 12.1. The van der Waals surface area contributed by atoms with Gasteiger partial charge >= 0.3 is 0 Å². The van der Waals surface area contributed by atoms with Crippen LogP contribution in [0.2, 0.25) is 0 Å². The van der Waals surface area contributed by atoms with E-state index in [1.54, 1.807) is 0 Å². The molecule has 0 fully saturated rings. The highest BCUT2D eigenvalue weighted by molar-refractivity contribution is 6.32. The van der Waals surface area contributed by atoms with Crippen molar-refractivity contribution in [2.24, 2.45) is 0 Å². The van der Waals surface area contributed by atoms with Crippen molar-refractivity contribution in [3.8, 4) is 73.5 Å². The van der Waals surface area contributed by atoms with Crippen molar-refractivity contribution in [2.75, 3.05) is 0 Å². The van der Waals surface area contributed by atoms with Crippen LogP contribution in [0.15, 0.2) is 413 Å². The molecule has 0 amide bonds. The van der Waals surface area contributed by atoms with Crippen molar-refractivity contribution in [1.29, 1.82) is 0 Å². The molecule has 29 rings (SSSR count). The maximum atomic E-state index is 5.26. The fourth-order valence-corrected chi connectivity index (χ4v) is 20.7. The summed E-state index contributed by atoms with van der Waals surface area (Å²) in [6.07, 6.45) is 6.62. The molecule has 0 saturated carbocycles. The molecular formula is C114H68N12. The van der Waals surface area contributed by atoms with Crippen LogP contribution in [-0.4, -0.2) is 56.8 Å². The molecule has 126 heavy (non-hydrogen) atoms. The van der Waals surface area contributed by atoms with Crippen LogP contribution in [-0.2, 0) is 0 Å². The van der Waals surface area contributed by atoms with E-state index in [4.69, 9.17) is 29.9 Å². The van der Waals surface area contributed by atoms with E-state index in [-0.39, 0.29) is 0 Å². The van der Waals surface area contributed by atoms with Crippen molar-refractivity contribution < 1.29 is 0 Å². The van der Waals surface area contributed by atoms with Gasteiger partial charge in [-0.25, -0.2) is 29.9 Å². The molecule has 0 aliphatic rings. The second kappa shape index (κ2) is 27.1. The quantitative estimate of drug-likeness (QED) is 0.150. The van der Waals surface area contributed by atoms with Gasteiger partial charge in [-0.3, -0.25) is 4.57 Å². The fourth-order valence-electron chi connectivity index (χ4n) is 20.7. The Balaban J connectivity index is 0.0000000986. The molecule has 12 heteroatoms. The first-order valence-corrected chi connectivity index (χ1v) is 42.7. The number of hydrogen-bond acceptors (Lipinski definition) is 6. The average Bonchev–Trinajstić information content (AvgIpc) is 1.55. The first-order chi connectivity index (χ1) is 62.5. The summed E-state index contributed by atoms with van der Waals surface area (Å²) < 4.78 is 14.2. The van der Waals surface area contributed by atoms with Gasteiger partial charge in [0.15, 0.2) is 5.82 Å². The Hall–Kier alpha value is -17.2. The van der Waals surface area contributed by atoms with Crippen LogP contribution in [0, 0.1) is 0 Å². The van der Waals surface area contributed by atoms with Gasteiger partial charge in [0.2, 0.25) is 0 Å². The lowest BCUT2D eigenvalue weighted by molar-refractivity contribution is 1.08. The molecule has 12 nitrogen and oxygen atoms in total. The first kappa shape index (κ1) is 69.6. The minimum Gasteiger partial charge on any atom is -0.315 e. The highest BCUT2D eigenvalue weighted by atomic mass is 15.1. The summed E-state index contributed by atoms with van der Waals surface area (Å²) in [5, 5.41) is 19.0. The number of aromatic nitrogens is 12. The predicted molar refractivity (Wildman–Crippen MR) is 520 cm³/mol. The monoisotopic (exact) mass is 1600 g/mol. The molecule has 0 bridgehead atoms. The topological polar surface area (TPSA) is 105 Å². The second-order valence-corrected chi connectivity index (χ2v) is 32.8. The minimum absolute atomic E-state index is 0.843. The summed E-state index contributed by atoms with van der Waals surface area (Å²) >= 11 is 0. The maximum absolute atomic E-state index is 5.26. The molecule has 17 aromatic carbocycles. The van der Waals surface area contributed by atoms with Crippen molar-refractivity contribution in [2.45, 2.75) is 0 Å². The van der Waals surface area contributed by atoms with E-state index < -0.39 is 0 Å². The van der Waals surface area contributed by atoms with Gasteiger partial charge in [0.1, 0.15) is 5.69 Å². The lowest BCUT2D eigenvalue weighted by Crippen LogP contribution is -2.03. The zero-order valence-electron chi connectivity index (χ0n) is 67.6. The molecule has 0 atom stereocenters. The summed E-state index contributed by atoms with van der Waals surface area (Å²) in [4.78, 5) is 30.9. The molecule has 12 aromatic heterocycles. The van der Waals surface area contributed by atoms with E-state index in [9.17, 15) is 0 Å². The number of nitrogens with zero attached hydrogens (tertiary/aromatic N) is 12. The standard InChI is InChI=1S/2C40H24N4.C34H20N4/c1-2-10-25(11-3-1)38-39(42-32-18-5-4-17-31(32)41-38)27-13-6-14-28(24-27)44-34-20-8-15-29-30-16-7-12-26-22-23-43(40(26)30)33-19-9-21-35(44)37(33)36(29)34;1-2-9-25(10-3-1)38-39(42-32-15-5-4-14-31(32)41-38)26-19-21-28(22-20-26)44-34-17-7-12-29-30-13-6-11-27-23-24-43(40(27)30)33-16-8-18-35(44)37(33)36(29)34;1-2-9-21(10-3-1)32-34(36-26-15-5-4-14-25(26)35-32)38-28-17-7-12-23-24-13-6-11-22-19-20-37(33(22)24)27-16-8-18-29(38)31(27)30(23)28/h2*1-24H;1-20H. The van der Waals surface area contributed by atoms with Crippen LogP contribution >= 0.6 is 0 Å². The van der Waals surface area contributed by atoms with Crippen molar-refractivity contribution in [3.05, 3.63) is 413 Å². The second-order valence-electron chi connectivity index (χ2n) is 32.8. The van der Waals surface area contributed by atoms with E-state index in [0.717, 1.165) is 118 Å². The minimum atomic E-state index is 0.843. The lowest BCUT2D eigenvalue weighted by Gasteiger charge is -2.14. The number of rotatable bonds is 8. The highest BCUT2D eigenvalue weighted by Crippen LogP contribution is 2.48. The van der Waals surface area contributed by atoms with E-state index in [2.05, 4.69) is 349 Å². The molecule has 0 aliphatic heterocycles. The van der Waals surface area contributed by atoms with Gasteiger partial charge in [0, 0.05) is 122 Å². The average molecular weight is 1610 g/mol. The van der Waals surface area contributed by atoms with E-state index in [1.807, 2.05) is 91.0 Å². The molecule has 29 aromatic rings. The number of fused-ring (bicyclic) bond motifs is 9. The lowest BCUT2D eigenvalue weighted by atomic mass is 10.0. The highest BCUT2D eigenvalue weighted by Gasteiger charge is 2.28. The van der Waals surface area contributed by atoms with E-state index in [0.29, 0.717) is 0 Å². The van der Waals surface area contributed by atoms with Crippen LogP contribution in [0.25, 0.3) is 254 Å². The van der Waals surface area contributed by atoms with Crippen LogP contribution in [0.1, 0.15) is 0 Å². The summed E-state index contributed by atoms with van der Waals surface area (Å²) in [6.45, 7) is 0. The van der Waals surface area contributed by atoms with Crippen LogP contribution < -0.4 is 0 Å². The summed E-state index contributed by atoms with van der Waals surface area (Å²) in [6, 6.07) is 139. The van der Waals surface area contributed by atoms with Crippen LogP contribution in [0.3, 0.4) is 0 Å². The van der Waals surface area contributed by atoms with Gasteiger partial charge in [0.25, 0.3) is 0 Å². The van der Waals surface area contributed by atoms with E-state index in [1.165, 1.54) is 136 Å². The summed E-state index contributed by atoms with van der Waals surface area (Å²) in [5.74, 6) is 0.843. The van der Waals surface area contributed by atoms with Crippen LogP contribution in [0.4, 0.5) is 0 Å². The molecule has 0 saturated heterocycles.